The van der Waals surface area contributed by atoms with Gasteiger partial charge < -0.3 is 5.11 Å². The number of hydrogen-bond acceptors (Lipinski definition) is 7. The highest BCUT2D eigenvalue weighted by atomic mass is 32.1. The molecule has 1 aromatic carbocycles. The van der Waals surface area contributed by atoms with Crippen molar-refractivity contribution in [3.63, 3.8) is 0 Å². The van der Waals surface area contributed by atoms with Crippen LogP contribution in [0.2, 0.25) is 0 Å². The molecule has 1 N–H and O–H groups in total. The van der Waals surface area contributed by atoms with Gasteiger partial charge in [-0.05, 0) is 38.4 Å². The molecule has 130 valence electrons. The molecule has 0 amide bonds. The number of hydrogen-bond donors (Lipinski definition) is 1. The van der Waals surface area contributed by atoms with Crippen LogP contribution in [-0.4, -0.2) is 42.6 Å². The van der Waals surface area contributed by atoms with Gasteiger partial charge in [-0.15, -0.1) is 5.10 Å². The number of rotatable bonds is 4. The summed E-state index contributed by atoms with van der Waals surface area (Å²) in [7, 11) is 0. The Kier molecular flexibility index (Phi) is 3.89. The molecule has 0 saturated carbocycles. The van der Waals surface area contributed by atoms with Gasteiger partial charge in [-0.3, -0.25) is 15.0 Å². The fourth-order valence-electron chi connectivity index (χ4n) is 3.36. The van der Waals surface area contributed by atoms with Crippen LogP contribution in [0.5, 0.6) is 5.88 Å². The van der Waals surface area contributed by atoms with Crippen molar-refractivity contribution >= 4 is 22.0 Å². The second kappa shape index (κ2) is 6.08. The van der Waals surface area contributed by atoms with E-state index in [1.54, 1.807) is 19.1 Å². The van der Waals surface area contributed by atoms with E-state index in [9.17, 15) is 15.2 Å². The number of nitro groups is 1. The van der Waals surface area contributed by atoms with Gasteiger partial charge in [0.1, 0.15) is 5.82 Å². The van der Waals surface area contributed by atoms with Gasteiger partial charge in [0.25, 0.3) is 5.69 Å². The van der Waals surface area contributed by atoms with Gasteiger partial charge in [0.15, 0.2) is 0 Å². The Hall–Kier alpha value is -2.52. The molecule has 2 aromatic heterocycles. The third-order valence-corrected chi connectivity index (χ3v) is 5.53. The third kappa shape index (κ3) is 2.75. The maximum Gasteiger partial charge on any atom is 0.269 e. The lowest BCUT2D eigenvalue weighted by atomic mass is 10.0. The number of fused-ring (bicyclic) bond motifs is 1. The molecule has 0 aliphatic carbocycles. The van der Waals surface area contributed by atoms with Gasteiger partial charge in [-0.2, -0.15) is 4.52 Å². The molecule has 1 aliphatic heterocycles. The van der Waals surface area contributed by atoms with Gasteiger partial charge in [0.2, 0.25) is 10.8 Å². The van der Waals surface area contributed by atoms with Crippen molar-refractivity contribution in [1.82, 2.24) is 19.5 Å². The highest BCUT2D eigenvalue weighted by Gasteiger charge is 2.31. The summed E-state index contributed by atoms with van der Waals surface area (Å²) < 4.78 is 1.44. The highest BCUT2D eigenvalue weighted by Crippen LogP contribution is 2.41. The highest BCUT2D eigenvalue weighted by molar-refractivity contribution is 7.17. The Balaban J connectivity index is 1.85. The summed E-state index contributed by atoms with van der Waals surface area (Å²) in [5.74, 6) is 0.658. The van der Waals surface area contributed by atoms with E-state index in [1.165, 1.54) is 21.9 Å². The van der Waals surface area contributed by atoms with E-state index in [1.807, 2.05) is 6.07 Å². The molecule has 0 radical (unpaired) electrons. The first kappa shape index (κ1) is 16.0. The summed E-state index contributed by atoms with van der Waals surface area (Å²) in [6.45, 7) is 3.55. The van der Waals surface area contributed by atoms with Gasteiger partial charge in [-0.1, -0.05) is 23.5 Å². The molecule has 0 bridgehead atoms. The lowest BCUT2D eigenvalue weighted by Crippen LogP contribution is -2.26. The van der Waals surface area contributed by atoms with E-state index in [0.717, 1.165) is 36.4 Å². The van der Waals surface area contributed by atoms with Crippen molar-refractivity contribution in [2.24, 2.45) is 0 Å². The molecule has 0 spiro atoms. The summed E-state index contributed by atoms with van der Waals surface area (Å²) in [5, 5.41) is 26.1. The second-order valence-electron chi connectivity index (χ2n) is 6.14. The Labute approximate surface area is 147 Å². The Morgan fingerprint density at radius 2 is 2.12 bits per heavy atom. The molecule has 3 heterocycles. The third-order valence-electron chi connectivity index (χ3n) is 4.46. The first-order chi connectivity index (χ1) is 12.0. The summed E-state index contributed by atoms with van der Waals surface area (Å²) in [6, 6.07) is 6.39. The molecule has 1 unspecified atom stereocenters. The molecule has 1 saturated heterocycles. The normalized spacial score (nSPS) is 16.5. The Morgan fingerprint density at radius 3 is 2.80 bits per heavy atom. The van der Waals surface area contributed by atoms with Crippen LogP contribution in [0, 0.1) is 17.0 Å². The number of thiazole rings is 1. The predicted molar refractivity (Wildman–Crippen MR) is 93.0 cm³/mol. The molecular formula is C16H17N5O3S. The summed E-state index contributed by atoms with van der Waals surface area (Å²) in [5.41, 5.74) is 0.851. The first-order valence-electron chi connectivity index (χ1n) is 8.08. The number of aromatic hydroxyl groups is 1. The van der Waals surface area contributed by atoms with E-state index >= 15 is 0 Å². The van der Waals surface area contributed by atoms with E-state index in [-0.39, 0.29) is 17.6 Å². The molecular weight excluding hydrogens is 342 g/mol. The molecule has 4 rings (SSSR count). The van der Waals surface area contributed by atoms with Crippen molar-refractivity contribution in [2.45, 2.75) is 25.8 Å². The predicted octanol–water partition coefficient (Wildman–Crippen LogP) is 2.90. The smallest absolute Gasteiger partial charge is 0.269 e. The minimum Gasteiger partial charge on any atom is -0.492 e. The summed E-state index contributed by atoms with van der Waals surface area (Å²) in [6.07, 6.45) is 2.15. The van der Waals surface area contributed by atoms with Crippen LogP contribution in [-0.2, 0) is 0 Å². The first-order valence-corrected chi connectivity index (χ1v) is 8.89. The van der Waals surface area contributed by atoms with Crippen LogP contribution in [0.4, 0.5) is 5.69 Å². The van der Waals surface area contributed by atoms with Gasteiger partial charge >= 0.3 is 0 Å². The number of nitro benzene ring substituents is 1. The number of likely N-dealkylation sites (tertiary alicyclic amines) is 1. The topological polar surface area (TPSA) is 96.8 Å². The largest absolute Gasteiger partial charge is 0.492 e. The van der Waals surface area contributed by atoms with Crippen LogP contribution in [0.25, 0.3) is 4.96 Å². The fourth-order valence-corrected chi connectivity index (χ4v) is 4.53. The molecule has 9 heteroatoms. The molecule has 1 atom stereocenters. The number of aromatic nitrogens is 3. The number of nitrogens with zero attached hydrogens (tertiary/aromatic N) is 5. The van der Waals surface area contributed by atoms with Crippen LogP contribution >= 0.6 is 11.3 Å². The molecule has 25 heavy (non-hydrogen) atoms. The average molecular weight is 359 g/mol. The maximum absolute atomic E-state index is 11.2. The minimum atomic E-state index is -0.392. The summed E-state index contributed by atoms with van der Waals surface area (Å²) >= 11 is 1.38. The fraction of sp³-hybridized carbons (Fsp3) is 0.375. The minimum absolute atomic E-state index is 0.0523. The zero-order chi connectivity index (χ0) is 17.6. The molecule has 1 fully saturated rings. The maximum atomic E-state index is 11.2. The lowest BCUT2D eigenvalue weighted by Gasteiger charge is -2.26. The zero-order valence-electron chi connectivity index (χ0n) is 13.6. The van der Waals surface area contributed by atoms with Crippen molar-refractivity contribution in [2.75, 3.05) is 13.1 Å². The van der Waals surface area contributed by atoms with Gasteiger partial charge in [-0.25, -0.2) is 4.98 Å². The van der Waals surface area contributed by atoms with Crippen molar-refractivity contribution in [3.05, 3.63) is 50.6 Å². The second-order valence-corrected chi connectivity index (χ2v) is 7.15. The van der Waals surface area contributed by atoms with Crippen LogP contribution < -0.4 is 0 Å². The van der Waals surface area contributed by atoms with Gasteiger partial charge in [0.05, 0.1) is 15.8 Å². The number of benzene rings is 1. The number of non-ortho nitro benzene ring substituents is 1. The van der Waals surface area contributed by atoms with Crippen LogP contribution in [0.3, 0.4) is 0 Å². The quantitative estimate of drug-likeness (QED) is 0.568. The van der Waals surface area contributed by atoms with Crippen LogP contribution in [0.1, 0.15) is 35.1 Å². The average Bonchev–Trinajstić information content (AvgIpc) is 3.29. The SMILES string of the molecule is Cc1nc2sc(C(c3cccc([N+](=O)[O-])c3)N3CCCC3)c(O)n2n1. The number of aryl methyl sites for hydroxylation is 1. The molecule has 3 aromatic rings. The van der Waals surface area contributed by atoms with Crippen molar-refractivity contribution in [3.8, 4) is 5.88 Å². The standard InChI is InChI=1S/C16H17N5O3S/c1-10-17-16-20(18-10)15(22)14(25-16)13(19-7-2-3-8-19)11-5-4-6-12(9-11)21(23)24/h4-6,9,13,22H,2-3,7-8H2,1H3. The van der Waals surface area contributed by atoms with E-state index in [0.29, 0.717) is 10.8 Å². The van der Waals surface area contributed by atoms with Gasteiger partial charge in [0, 0.05) is 12.1 Å². The lowest BCUT2D eigenvalue weighted by molar-refractivity contribution is -0.384. The summed E-state index contributed by atoms with van der Waals surface area (Å²) in [4.78, 5) is 18.7. The van der Waals surface area contributed by atoms with Crippen molar-refractivity contribution < 1.29 is 10.0 Å². The van der Waals surface area contributed by atoms with E-state index < -0.39 is 4.92 Å². The van der Waals surface area contributed by atoms with E-state index in [2.05, 4.69) is 15.0 Å². The Morgan fingerprint density at radius 1 is 1.36 bits per heavy atom. The monoisotopic (exact) mass is 359 g/mol. The molecule has 8 nitrogen and oxygen atoms in total. The Bertz CT molecular complexity index is 945. The van der Waals surface area contributed by atoms with E-state index in [4.69, 9.17) is 0 Å². The van der Waals surface area contributed by atoms with Crippen molar-refractivity contribution in [1.29, 1.82) is 0 Å². The molecule has 1 aliphatic rings. The zero-order valence-corrected chi connectivity index (χ0v) is 14.4. The van der Waals surface area contributed by atoms with Crippen LogP contribution in [0.15, 0.2) is 24.3 Å².